The Morgan fingerprint density at radius 3 is 2.07 bits per heavy atom. The lowest BCUT2D eigenvalue weighted by atomic mass is 10.0. The molecule has 30 heavy (non-hydrogen) atoms. The summed E-state index contributed by atoms with van der Waals surface area (Å²) in [6.45, 7) is 4.25. The van der Waals surface area contributed by atoms with Crippen LogP contribution in [0.15, 0.2) is 71.3 Å². The number of ether oxygens (including phenoxy) is 1. The summed E-state index contributed by atoms with van der Waals surface area (Å²) in [7, 11) is -1.55. The quantitative estimate of drug-likeness (QED) is 0.297. The van der Waals surface area contributed by atoms with E-state index in [4.69, 9.17) is 4.74 Å². The first-order valence-corrected chi connectivity index (χ1v) is 12.6. The zero-order valence-corrected chi connectivity index (χ0v) is 20.0. The number of carbonyl (C=O) groups is 1. The van der Waals surface area contributed by atoms with E-state index in [0.29, 0.717) is 28.8 Å². The molecule has 0 saturated heterocycles. The molecule has 0 bridgehead atoms. The maximum atomic E-state index is 12.2. The first-order chi connectivity index (χ1) is 14.3. The molecule has 0 spiro atoms. The van der Waals surface area contributed by atoms with Gasteiger partial charge in [-0.05, 0) is 50.2 Å². The minimum absolute atomic E-state index is 0.384. The number of hydrogen-bond acceptors (Lipinski definition) is 4. The number of hydrogen-bond donors (Lipinski definition) is 1. The monoisotopic (exact) mass is 483 g/mol. The van der Waals surface area contributed by atoms with E-state index in [1.54, 1.807) is 6.07 Å². The Morgan fingerprint density at radius 1 is 1.07 bits per heavy atom. The third-order valence-corrected chi connectivity index (χ3v) is 10.8. The summed E-state index contributed by atoms with van der Waals surface area (Å²) in [6.07, 6.45) is 2.12. The summed E-state index contributed by atoms with van der Waals surface area (Å²) in [5.74, 6) is 0.437. The molecule has 3 aromatic rings. The zero-order chi connectivity index (χ0) is 21.8. The van der Waals surface area contributed by atoms with Gasteiger partial charge < -0.3 is 9.53 Å². The highest BCUT2D eigenvalue weighted by atomic mass is 79.9. The van der Waals surface area contributed by atoms with Crippen molar-refractivity contribution in [3.63, 3.8) is 0 Å². The van der Waals surface area contributed by atoms with E-state index in [9.17, 15) is 9.59 Å². The van der Waals surface area contributed by atoms with Gasteiger partial charge in [-0.15, -0.1) is 0 Å². The van der Waals surface area contributed by atoms with Crippen LogP contribution >= 0.6 is 15.9 Å². The Hall–Kier alpha value is -2.28. The fourth-order valence-electron chi connectivity index (χ4n) is 3.92. The fourth-order valence-corrected chi connectivity index (χ4v) is 8.27. The molecular formula is C24H26BrNO3Si. The Morgan fingerprint density at radius 2 is 1.60 bits per heavy atom. The molecule has 0 saturated carbocycles. The van der Waals surface area contributed by atoms with E-state index in [-0.39, 0.29) is 5.04 Å². The SMILES string of the molecule is COc1c(C=O)cc(CCC(C)(C)[Si](O)(c2ccccc2)c2ccccc2)nc1Br. The van der Waals surface area contributed by atoms with E-state index in [0.717, 1.165) is 22.4 Å². The van der Waals surface area contributed by atoms with Gasteiger partial charge in [-0.1, -0.05) is 74.5 Å². The number of aromatic nitrogens is 1. The molecule has 0 fully saturated rings. The van der Waals surface area contributed by atoms with Crippen molar-refractivity contribution in [2.75, 3.05) is 7.11 Å². The van der Waals surface area contributed by atoms with Crippen LogP contribution in [0.2, 0.25) is 5.04 Å². The zero-order valence-electron chi connectivity index (χ0n) is 17.4. The Labute approximate surface area is 187 Å². The Kier molecular flexibility index (Phi) is 6.90. The lowest BCUT2D eigenvalue weighted by Crippen LogP contribution is -2.65. The van der Waals surface area contributed by atoms with Gasteiger partial charge in [-0.25, -0.2) is 4.98 Å². The van der Waals surface area contributed by atoms with Gasteiger partial charge in [0.15, 0.2) is 12.0 Å². The van der Waals surface area contributed by atoms with Crippen LogP contribution in [0.1, 0.15) is 36.3 Å². The molecule has 6 heteroatoms. The normalized spacial score (nSPS) is 11.9. The van der Waals surface area contributed by atoms with Gasteiger partial charge in [0.25, 0.3) is 8.32 Å². The molecule has 3 rings (SSSR count). The predicted molar refractivity (Wildman–Crippen MR) is 126 cm³/mol. The van der Waals surface area contributed by atoms with Crippen molar-refractivity contribution < 1.29 is 14.3 Å². The van der Waals surface area contributed by atoms with Gasteiger partial charge in [-0.3, -0.25) is 4.79 Å². The van der Waals surface area contributed by atoms with E-state index in [1.165, 1.54) is 7.11 Å². The molecule has 0 aliphatic carbocycles. The average Bonchev–Trinajstić information content (AvgIpc) is 2.77. The van der Waals surface area contributed by atoms with Crippen molar-refractivity contribution in [3.05, 3.63) is 82.6 Å². The van der Waals surface area contributed by atoms with E-state index in [1.807, 2.05) is 60.7 Å². The number of methoxy groups -OCH3 is 1. The molecule has 0 aliphatic heterocycles. The second kappa shape index (κ2) is 9.25. The van der Waals surface area contributed by atoms with Crippen LogP contribution in [0.3, 0.4) is 0 Å². The van der Waals surface area contributed by atoms with Crippen molar-refractivity contribution in [1.82, 2.24) is 4.98 Å². The minimum Gasteiger partial charge on any atom is -0.493 e. The molecule has 1 heterocycles. The predicted octanol–water partition coefficient (Wildman–Crippen LogP) is 4.13. The van der Waals surface area contributed by atoms with E-state index < -0.39 is 8.32 Å². The lowest BCUT2D eigenvalue weighted by molar-refractivity contribution is 0.112. The second-order valence-electron chi connectivity index (χ2n) is 7.97. The molecular weight excluding hydrogens is 458 g/mol. The number of pyridine rings is 1. The van der Waals surface area contributed by atoms with E-state index >= 15 is 0 Å². The highest BCUT2D eigenvalue weighted by Gasteiger charge is 2.49. The standard InChI is InChI=1S/C24H26BrNO3Si/c1-24(2,15-14-19-16-18(17-27)22(29-3)23(25)26-19)30(28,20-10-6-4-7-11-20)21-12-8-5-9-13-21/h4-13,16-17,28H,14-15H2,1-3H3. The first-order valence-electron chi connectivity index (χ1n) is 9.85. The van der Waals surface area contributed by atoms with Crippen molar-refractivity contribution >= 4 is 40.9 Å². The highest BCUT2D eigenvalue weighted by Crippen LogP contribution is 2.40. The number of rotatable bonds is 8. The maximum absolute atomic E-state index is 12.2. The van der Waals surface area contributed by atoms with Crippen LogP contribution in [0.4, 0.5) is 0 Å². The summed E-state index contributed by atoms with van der Waals surface area (Å²) >= 11 is 3.40. The molecule has 0 unspecified atom stereocenters. The minimum atomic E-state index is -3.07. The summed E-state index contributed by atoms with van der Waals surface area (Å²) in [5.41, 5.74) is 1.25. The third-order valence-electron chi connectivity index (χ3n) is 5.71. The van der Waals surface area contributed by atoms with Gasteiger partial charge >= 0.3 is 0 Å². The Bertz CT molecular complexity index is 970. The van der Waals surface area contributed by atoms with Crippen LogP contribution in [-0.2, 0) is 6.42 Å². The first kappa shape index (κ1) is 22.4. The van der Waals surface area contributed by atoms with Gasteiger partial charge in [-0.2, -0.15) is 0 Å². The van der Waals surface area contributed by atoms with E-state index in [2.05, 4.69) is 34.8 Å². The van der Waals surface area contributed by atoms with Crippen molar-refractivity contribution in [1.29, 1.82) is 0 Å². The molecule has 2 aromatic carbocycles. The number of benzene rings is 2. The van der Waals surface area contributed by atoms with Crippen LogP contribution < -0.4 is 15.1 Å². The molecule has 4 nitrogen and oxygen atoms in total. The topological polar surface area (TPSA) is 59.4 Å². The van der Waals surface area contributed by atoms with Gasteiger partial charge in [0.1, 0.15) is 4.60 Å². The molecule has 1 aromatic heterocycles. The number of nitrogens with zero attached hydrogens (tertiary/aromatic N) is 1. The maximum Gasteiger partial charge on any atom is 0.258 e. The van der Waals surface area contributed by atoms with Crippen molar-refractivity contribution in [2.45, 2.75) is 31.7 Å². The van der Waals surface area contributed by atoms with Crippen LogP contribution in [0, 0.1) is 0 Å². The fraction of sp³-hybridized carbons (Fsp3) is 0.250. The summed E-state index contributed by atoms with van der Waals surface area (Å²) in [6, 6.07) is 21.7. The largest absolute Gasteiger partial charge is 0.493 e. The lowest BCUT2D eigenvalue weighted by Gasteiger charge is -2.41. The summed E-state index contributed by atoms with van der Waals surface area (Å²) in [5, 5.41) is 1.59. The highest BCUT2D eigenvalue weighted by molar-refractivity contribution is 9.10. The van der Waals surface area contributed by atoms with Crippen LogP contribution in [0.25, 0.3) is 0 Å². The molecule has 0 atom stereocenters. The third kappa shape index (κ3) is 4.26. The molecule has 0 radical (unpaired) electrons. The van der Waals surface area contributed by atoms with Gasteiger partial charge in [0.2, 0.25) is 0 Å². The number of halogens is 1. The summed E-state index contributed by atoms with van der Waals surface area (Å²) < 4.78 is 5.78. The van der Waals surface area contributed by atoms with Gasteiger partial charge in [0, 0.05) is 5.69 Å². The number of aldehydes is 1. The number of aryl methyl sites for hydroxylation is 1. The van der Waals surface area contributed by atoms with Crippen molar-refractivity contribution in [2.24, 2.45) is 0 Å². The summed E-state index contributed by atoms with van der Waals surface area (Å²) in [4.78, 5) is 28.2. The molecule has 0 aliphatic rings. The number of carbonyl (C=O) groups excluding carboxylic acids is 1. The smallest absolute Gasteiger partial charge is 0.258 e. The molecule has 156 valence electrons. The molecule has 1 N–H and O–H groups in total. The van der Waals surface area contributed by atoms with Crippen LogP contribution in [0.5, 0.6) is 5.75 Å². The average molecular weight is 484 g/mol. The Balaban J connectivity index is 1.97. The molecule has 0 amide bonds. The van der Waals surface area contributed by atoms with Crippen molar-refractivity contribution in [3.8, 4) is 5.75 Å². The second-order valence-corrected chi connectivity index (χ2v) is 12.7. The van der Waals surface area contributed by atoms with Crippen LogP contribution in [-0.4, -0.2) is 31.5 Å². The van der Waals surface area contributed by atoms with Gasteiger partial charge in [0.05, 0.1) is 12.7 Å².